The molecule has 0 radical (unpaired) electrons. The van der Waals surface area contributed by atoms with Gasteiger partial charge in [-0.3, -0.25) is 9.59 Å². The molecule has 0 spiro atoms. The molecule has 4 rings (SSSR count). The predicted molar refractivity (Wildman–Crippen MR) is 184 cm³/mol. The lowest BCUT2D eigenvalue weighted by molar-refractivity contribution is -0.127. The first-order valence-corrected chi connectivity index (χ1v) is 16.6. The zero-order chi connectivity index (χ0) is 33.5. The molecule has 0 aliphatic carbocycles. The molecule has 0 saturated carbocycles. The summed E-state index contributed by atoms with van der Waals surface area (Å²) in [4.78, 5) is 42.0. The van der Waals surface area contributed by atoms with Crippen LogP contribution in [-0.4, -0.2) is 58.6 Å². The number of carbonyl (C=O) groups excluding carboxylic acids is 3. The molecule has 0 bridgehead atoms. The number of β-amino-alcohol motifs (C(OH)–C–C–N with tert-alkyl or cyclic N) is 1. The van der Waals surface area contributed by atoms with Gasteiger partial charge in [0.1, 0.15) is 11.6 Å². The number of alkyl carbamates (subject to hydrolysis) is 1. The highest BCUT2D eigenvalue weighted by Crippen LogP contribution is 2.35. The topological polar surface area (TPSA) is 120 Å². The van der Waals surface area contributed by atoms with Gasteiger partial charge in [0, 0.05) is 35.7 Å². The van der Waals surface area contributed by atoms with E-state index in [1.807, 2.05) is 107 Å². The zero-order valence-corrected chi connectivity index (χ0v) is 28.4. The SMILES string of the molecule is C[C@@H](O)CNC(C)(C)CC(=O)N[C@@H]1CSc2ccccc2N(Cc2ccc(-c3ccccc3CNC(=O)OC(C)(C)C)cc2)C1=O. The van der Waals surface area contributed by atoms with Gasteiger partial charge in [-0.05, 0) is 75.9 Å². The summed E-state index contributed by atoms with van der Waals surface area (Å²) >= 11 is 1.56. The maximum Gasteiger partial charge on any atom is 0.407 e. The highest BCUT2D eigenvalue weighted by molar-refractivity contribution is 7.99. The van der Waals surface area contributed by atoms with Gasteiger partial charge in [-0.1, -0.05) is 60.7 Å². The Morgan fingerprint density at radius 2 is 1.67 bits per heavy atom. The standard InChI is InChI=1S/C36H46N4O5S/c1-24(41)20-38-36(5,6)19-32(42)39-29-23-46-31-14-10-9-13-30(31)40(33(29)43)22-25-15-17-26(18-16-25)28-12-8-7-11-27(28)21-37-34(44)45-35(2,3)4/h7-18,24,29,38,41H,19-23H2,1-6H3,(H,37,44)(H,39,42)/t24-,29-/m1/s1. The molecular formula is C36H46N4O5S. The highest BCUT2D eigenvalue weighted by atomic mass is 32.2. The van der Waals surface area contributed by atoms with Gasteiger partial charge in [0.2, 0.25) is 5.91 Å². The Bertz CT molecular complexity index is 1520. The fraction of sp³-hybridized carbons (Fsp3) is 0.417. The minimum Gasteiger partial charge on any atom is -0.444 e. The molecule has 0 saturated heterocycles. The summed E-state index contributed by atoms with van der Waals surface area (Å²) in [5, 5.41) is 18.7. The molecule has 3 aromatic carbocycles. The van der Waals surface area contributed by atoms with Crippen molar-refractivity contribution in [3.8, 4) is 11.1 Å². The number of aliphatic hydroxyl groups excluding tert-OH is 1. The normalized spacial score (nSPS) is 15.8. The van der Waals surface area contributed by atoms with E-state index in [2.05, 4.69) is 16.0 Å². The number of ether oxygens (including phenoxy) is 1. The number of benzene rings is 3. The Hall–Kier alpha value is -3.86. The molecule has 0 aromatic heterocycles. The Morgan fingerprint density at radius 1 is 1.00 bits per heavy atom. The number of fused-ring (bicyclic) bond motifs is 1. The first-order chi connectivity index (χ1) is 21.7. The van der Waals surface area contributed by atoms with Crippen LogP contribution >= 0.6 is 11.8 Å². The van der Waals surface area contributed by atoms with E-state index in [1.165, 1.54) is 0 Å². The number of nitrogens with one attached hydrogen (secondary N) is 3. The first kappa shape index (κ1) is 35.0. The Morgan fingerprint density at radius 3 is 2.37 bits per heavy atom. The molecule has 1 aliphatic heterocycles. The predicted octanol–water partition coefficient (Wildman–Crippen LogP) is 5.64. The molecule has 1 heterocycles. The average molecular weight is 647 g/mol. The van der Waals surface area contributed by atoms with Crippen molar-refractivity contribution in [1.82, 2.24) is 16.0 Å². The molecule has 1 aliphatic rings. The van der Waals surface area contributed by atoms with Gasteiger partial charge in [0.25, 0.3) is 5.91 Å². The fourth-order valence-corrected chi connectivity index (χ4v) is 6.24. The van der Waals surface area contributed by atoms with Gasteiger partial charge >= 0.3 is 6.09 Å². The monoisotopic (exact) mass is 646 g/mol. The first-order valence-electron chi connectivity index (χ1n) is 15.6. The van der Waals surface area contributed by atoms with Crippen LogP contribution in [0.5, 0.6) is 0 Å². The molecule has 46 heavy (non-hydrogen) atoms. The van der Waals surface area contributed by atoms with E-state index in [-0.39, 0.29) is 18.2 Å². The third-order valence-electron chi connectivity index (χ3n) is 7.38. The number of rotatable bonds is 11. The van der Waals surface area contributed by atoms with Crippen LogP contribution in [-0.2, 0) is 27.4 Å². The third kappa shape index (κ3) is 10.1. The number of nitrogens with zero attached hydrogens (tertiary/aromatic N) is 1. The van der Waals surface area contributed by atoms with Crippen LogP contribution < -0.4 is 20.9 Å². The lowest BCUT2D eigenvalue weighted by atomic mass is 9.98. The fourth-order valence-electron chi connectivity index (χ4n) is 5.16. The molecule has 10 heteroatoms. The van der Waals surface area contributed by atoms with Gasteiger partial charge < -0.3 is 30.7 Å². The Labute approximate surface area is 276 Å². The number of thioether (sulfide) groups is 1. The number of aliphatic hydroxyl groups is 1. The van der Waals surface area contributed by atoms with E-state index in [0.717, 1.165) is 32.8 Å². The number of amides is 3. The maximum atomic E-state index is 14.0. The van der Waals surface area contributed by atoms with E-state index in [9.17, 15) is 19.5 Å². The Kier molecular flexibility index (Phi) is 11.5. The lowest BCUT2D eigenvalue weighted by Crippen LogP contribution is -2.52. The number of hydrogen-bond donors (Lipinski definition) is 4. The average Bonchev–Trinajstić information content (AvgIpc) is 3.11. The van der Waals surface area contributed by atoms with E-state index >= 15 is 0 Å². The van der Waals surface area contributed by atoms with Crippen molar-refractivity contribution in [2.24, 2.45) is 0 Å². The molecule has 9 nitrogen and oxygen atoms in total. The second kappa shape index (κ2) is 15.2. The molecule has 0 fully saturated rings. The Balaban J connectivity index is 1.49. The van der Waals surface area contributed by atoms with Crippen molar-refractivity contribution >= 4 is 35.4 Å². The van der Waals surface area contributed by atoms with Crippen LogP contribution in [0, 0.1) is 0 Å². The maximum absolute atomic E-state index is 14.0. The summed E-state index contributed by atoms with van der Waals surface area (Å²) < 4.78 is 5.38. The van der Waals surface area contributed by atoms with Gasteiger partial charge in [0.15, 0.2) is 0 Å². The lowest BCUT2D eigenvalue weighted by Gasteiger charge is -2.29. The van der Waals surface area contributed by atoms with Crippen molar-refractivity contribution in [1.29, 1.82) is 0 Å². The molecule has 4 N–H and O–H groups in total. The van der Waals surface area contributed by atoms with Crippen molar-refractivity contribution in [2.45, 2.75) is 89.2 Å². The van der Waals surface area contributed by atoms with Gasteiger partial charge in [0.05, 0.1) is 18.3 Å². The second-order valence-electron chi connectivity index (χ2n) is 13.3. The third-order valence-corrected chi connectivity index (χ3v) is 8.54. The van der Waals surface area contributed by atoms with Crippen molar-refractivity contribution in [2.75, 3.05) is 17.2 Å². The molecule has 3 amide bonds. The van der Waals surface area contributed by atoms with Gasteiger partial charge in [-0.15, -0.1) is 11.8 Å². The number of hydrogen-bond acceptors (Lipinski definition) is 7. The number of para-hydroxylation sites is 1. The van der Waals surface area contributed by atoms with E-state index in [4.69, 9.17) is 4.74 Å². The summed E-state index contributed by atoms with van der Waals surface area (Å²) in [6.07, 6.45) is -0.833. The minimum absolute atomic E-state index is 0.164. The van der Waals surface area contributed by atoms with E-state index in [0.29, 0.717) is 25.4 Å². The summed E-state index contributed by atoms with van der Waals surface area (Å²) in [5.41, 5.74) is 3.57. The number of carbonyl (C=O) groups is 3. The van der Waals surface area contributed by atoms with Crippen LogP contribution in [0.4, 0.5) is 10.5 Å². The molecular weight excluding hydrogens is 600 g/mol. The van der Waals surface area contributed by atoms with Crippen molar-refractivity contribution < 1.29 is 24.2 Å². The summed E-state index contributed by atoms with van der Waals surface area (Å²) in [7, 11) is 0. The van der Waals surface area contributed by atoms with Crippen LogP contribution in [0.1, 0.15) is 59.1 Å². The van der Waals surface area contributed by atoms with Gasteiger partial charge in [-0.25, -0.2) is 4.79 Å². The smallest absolute Gasteiger partial charge is 0.407 e. The largest absolute Gasteiger partial charge is 0.444 e. The second-order valence-corrected chi connectivity index (χ2v) is 14.4. The van der Waals surface area contributed by atoms with Crippen LogP contribution in [0.15, 0.2) is 77.7 Å². The molecule has 3 aromatic rings. The quantitative estimate of drug-likeness (QED) is 0.213. The summed E-state index contributed by atoms with van der Waals surface area (Å²) in [5.74, 6) is 0.0347. The van der Waals surface area contributed by atoms with E-state index < -0.39 is 29.4 Å². The minimum atomic E-state index is -0.693. The molecule has 0 unspecified atom stereocenters. The molecule has 246 valence electrons. The summed E-state index contributed by atoms with van der Waals surface area (Å²) in [6.45, 7) is 12.0. The van der Waals surface area contributed by atoms with Crippen LogP contribution in [0.25, 0.3) is 11.1 Å². The van der Waals surface area contributed by atoms with Crippen molar-refractivity contribution in [3.05, 3.63) is 83.9 Å². The molecule has 2 atom stereocenters. The number of anilines is 1. The van der Waals surface area contributed by atoms with Crippen LogP contribution in [0.3, 0.4) is 0 Å². The van der Waals surface area contributed by atoms with Crippen LogP contribution in [0.2, 0.25) is 0 Å². The highest BCUT2D eigenvalue weighted by Gasteiger charge is 2.33. The van der Waals surface area contributed by atoms with Gasteiger partial charge in [-0.2, -0.15) is 0 Å². The van der Waals surface area contributed by atoms with Crippen molar-refractivity contribution in [3.63, 3.8) is 0 Å². The zero-order valence-electron chi connectivity index (χ0n) is 27.6. The summed E-state index contributed by atoms with van der Waals surface area (Å²) in [6, 6.07) is 23.1. The van der Waals surface area contributed by atoms with E-state index in [1.54, 1.807) is 23.6 Å².